The zero-order chi connectivity index (χ0) is 12.9. The van der Waals surface area contributed by atoms with Gasteiger partial charge in [0.05, 0.1) is 11.9 Å². The first kappa shape index (κ1) is 14.4. The van der Waals surface area contributed by atoms with Gasteiger partial charge in [-0.25, -0.2) is 13.2 Å². The monoisotopic (exact) mass is 265 g/mol. The largest absolute Gasteiger partial charge is 0.479 e. The van der Waals surface area contributed by atoms with Crippen LogP contribution in [-0.4, -0.2) is 56.3 Å². The molecular formula is C10H19NO5S. The summed E-state index contributed by atoms with van der Waals surface area (Å²) in [5.41, 5.74) is 0. The van der Waals surface area contributed by atoms with E-state index in [1.165, 1.54) is 0 Å². The Morgan fingerprint density at radius 3 is 2.71 bits per heavy atom. The van der Waals surface area contributed by atoms with Crippen LogP contribution < -0.4 is 5.32 Å². The molecule has 0 spiro atoms. The first-order chi connectivity index (χ1) is 7.94. The van der Waals surface area contributed by atoms with Crippen molar-refractivity contribution in [2.75, 3.05) is 24.6 Å². The van der Waals surface area contributed by atoms with Crippen LogP contribution in [0.3, 0.4) is 0 Å². The summed E-state index contributed by atoms with van der Waals surface area (Å²) < 4.78 is 27.6. The van der Waals surface area contributed by atoms with Crippen LogP contribution in [0.5, 0.6) is 0 Å². The Kier molecular flexibility index (Phi) is 5.35. The molecule has 0 radical (unpaired) electrons. The summed E-state index contributed by atoms with van der Waals surface area (Å²) in [6, 6.07) is 0. The van der Waals surface area contributed by atoms with Crippen molar-refractivity contribution < 1.29 is 23.1 Å². The van der Waals surface area contributed by atoms with Crippen molar-refractivity contribution in [1.82, 2.24) is 5.32 Å². The third-order valence-electron chi connectivity index (χ3n) is 2.78. The highest BCUT2D eigenvalue weighted by Crippen LogP contribution is 2.18. The van der Waals surface area contributed by atoms with E-state index in [4.69, 9.17) is 9.84 Å². The Morgan fingerprint density at radius 2 is 2.18 bits per heavy atom. The molecule has 0 aromatic rings. The smallest absolute Gasteiger partial charge is 0.332 e. The Balaban J connectivity index is 2.15. The summed E-state index contributed by atoms with van der Waals surface area (Å²) in [6.45, 7) is 2.50. The highest BCUT2D eigenvalue weighted by molar-refractivity contribution is 7.91. The van der Waals surface area contributed by atoms with E-state index < -0.39 is 21.9 Å². The predicted molar refractivity (Wildman–Crippen MR) is 62.7 cm³/mol. The number of hydrogen-bond acceptors (Lipinski definition) is 5. The van der Waals surface area contributed by atoms with Crippen LogP contribution in [0, 0.1) is 0 Å². The quantitative estimate of drug-likeness (QED) is 0.611. The van der Waals surface area contributed by atoms with Crippen molar-refractivity contribution in [3.63, 3.8) is 0 Å². The van der Waals surface area contributed by atoms with Gasteiger partial charge in [-0.3, -0.25) is 0 Å². The van der Waals surface area contributed by atoms with E-state index in [0.29, 0.717) is 25.9 Å². The number of sulfone groups is 1. The number of carbonyl (C=O) groups is 1. The Labute approximate surface area is 101 Å². The van der Waals surface area contributed by atoms with Crippen molar-refractivity contribution in [2.45, 2.75) is 32.0 Å². The van der Waals surface area contributed by atoms with E-state index in [2.05, 4.69) is 5.32 Å². The van der Waals surface area contributed by atoms with E-state index in [1.807, 2.05) is 0 Å². The first-order valence-corrected chi connectivity index (χ1v) is 7.56. The molecule has 17 heavy (non-hydrogen) atoms. The van der Waals surface area contributed by atoms with Gasteiger partial charge in [0.1, 0.15) is 0 Å². The SMILES string of the molecule is CCS(=O)(=O)CCNCC1CCC(C(=O)O)O1. The molecule has 6 nitrogen and oxygen atoms in total. The molecule has 2 unspecified atom stereocenters. The van der Waals surface area contributed by atoms with Gasteiger partial charge in [0.25, 0.3) is 0 Å². The van der Waals surface area contributed by atoms with Crippen molar-refractivity contribution >= 4 is 15.8 Å². The second-order valence-corrected chi connectivity index (χ2v) is 6.58. The lowest BCUT2D eigenvalue weighted by Crippen LogP contribution is -2.32. The van der Waals surface area contributed by atoms with Gasteiger partial charge in [-0.1, -0.05) is 6.92 Å². The van der Waals surface area contributed by atoms with Gasteiger partial charge < -0.3 is 15.2 Å². The zero-order valence-corrected chi connectivity index (χ0v) is 10.7. The molecule has 1 fully saturated rings. The average molecular weight is 265 g/mol. The second kappa shape index (κ2) is 6.32. The maximum atomic E-state index is 11.2. The van der Waals surface area contributed by atoms with Gasteiger partial charge in [0, 0.05) is 18.8 Å². The van der Waals surface area contributed by atoms with E-state index in [1.54, 1.807) is 6.92 Å². The van der Waals surface area contributed by atoms with Gasteiger partial charge in [0.2, 0.25) is 0 Å². The number of aliphatic carboxylic acids is 1. The molecule has 0 aliphatic carbocycles. The second-order valence-electron chi connectivity index (χ2n) is 4.10. The van der Waals surface area contributed by atoms with Crippen LogP contribution >= 0.6 is 0 Å². The molecular weight excluding hydrogens is 246 g/mol. The number of ether oxygens (including phenoxy) is 1. The molecule has 100 valence electrons. The van der Waals surface area contributed by atoms with Gasteiger partial charge in [-0.2, -0.15) is 0 Å². The molecule has 0 aromatic carbocycles. The Morgan fingerprint density at radius 1 is 1.47 bits per heavy atom. The van der Waals surface area contributed by atoms with Crippen molar-refractivity contribution in [2.24, 2.45) is 0 Å². The third-order valence-corrected chi connectivity index (χ3v) is 4.49. The van der Waals surface area contributed by atoms with Crippen LogP contribution in [0.15, 0.2) is 0 Å². The number of nitrogens with one attached hydrogen (secondary N) is 1. The van der Waals surface area contributed by atoms with E-state index in [0.717, 1.165) is 0 Å². The summed E-state index contributed by atoms with van der Waals surface area (Å²) in [5.74, 6) is -0.671. The summed E-state index contributed by atoms with van der Waals surface area (Å²) in [6.07, 6.45) is 0.390. The molecule has 1 aliphatic rings. The molecule has 0 amide bonds. The molecule has 0 bridgehead atoms. The minimum atomic E-state index is -2.94. The van der Waals surface area contributed by atoms with Crippen LogP contribution in [-0.2, 0) is 19.4 Å². The van der Waals surface area contributed by atoms with Gasteiger partial charge in [-0.15, -0.1) is 0 Å². The highest BCUT2D eigenvalue weighted by atomic mass is 32.2. The predicted octanol–water partition coefficient (Wildman–Crippen LogP) is -0.357. The molecule has 2 atom stereocenters. The lowest BCUT2D eigenvalue weighted by atomic mass is 10.2. The molecule has 1 aliphatic heterocycles. The van der Waals surface area contributed by atoms with Crippen molar-refractivity contribution in [3.8, 4) is 0 Å². The van der Waals surface area contributed by atoms with Crippen LogP contribution in [0.1, 0.15) is 19.8 Å². The minimum absolute atomic E-state index is 0.110. The molecule has 1 rings (SSSR count). The van der Waals surface area contributed by atoms with Gasteiger partial charge in [-0.05, 0) is 12.8 Å². The standard InChI is InChI=1S/C10H19NO5S/c1-2-17(14,15)6-5-11-7-8-3-4-9(16-8)10(12)13/h8-9,11H,2-7H2,1H3,(H,12,13). The third kappa shape index (κ3) is 5.01. The van der Waals surface area contributed by atoms with Crippen LogP contribution in [0.25, 0.3) is 0 Å². The number of carboxylic acid groups (broad SMARTS) is 1. The molecule has 0 saturated carbocycles. The summed E-state index contributed by atoms with van der Waals surface area (Å²) in [5, 5.41) is 11.7. The molecule has 0 aromatic heterocycles. The van der Waals surface area contributed by atoms with Crippen LogP contribution in [0.2, 0.25) is 0 Å². The summed E-state index contributed by atoms with van der Waals surface area (Å²) in [4.78, 5) is 10.6. The fourth-order valence-corrected chi connectivity index (χ4v) is 2.42. The highest BCUT2D eigenvalue weighted by Gasteiger charge is 2.29. The Hall–Kier alpha value is -0.660. The van der Waals surface area contributed by atoms with Crippen molar-refractivity contribution in [1.29, 1.82) is 0 Å². The lowest BCUT2D eigenvalue weighted by molar-refractivity contribution is -0.149. The average Bonchev–Trinajstić information content (AvgIpc) is 2.73. The fourth-order valence-electron chi connectivity index (χ4n) is 1.67. The molecule has 2 N–H and O–H groups in total. The first-order valence-electron chi connectivity index (χ1n) is 5.74. The van der Waals surface area contributed by atoms with Crippen molar-refractivity contribution in [3.05, 3.63) is 0 Å². The molecule has 7 heteroatoms. The zero-order valence-electron chi connectivity index (χ0n) is 9.89. The Bertz CT molecular complexity index is 354. The van der Waals surface area contributed by atoms with E-state index >= 15 is 0 Å². The van der Waals surface area contributed by atoms with E-state index in [9.17, 15) is 13.2 Å². The maximum absolute atomic E-state index is 11.2. The van der Waals surface area contributed by atoms with Gasteiger partial charge in [0.15, 0.2) is 15.9 Å². The van der Waals surface area contributed by atoms with Gasteiger partial charge >= 0.3 is 5.97 Å². The topological polar surface area (TPSA) is 92.7 Å². The molecule has 1 heterocycles. The number of hydrogen-bond donors (Lipinski definition) is 2. The lowest BCUT2D eigenvalue weighted by Gasteiger charge is -2.12. The number of carboxylic acids is 1. The van der Waals surface area contributed by atoms with Crippen LogP contribution in [0.4, 0.5) is 0 Å². The summed E-state index contributed by atoms with van der Waals surface area (Å²) >= 11 is 0. The minimum Gasteiger partial charge on any atom is -0.479 e. The maximum Gasteiger partial charge on any atom is 0.332 e. The normalized spacial score (nSPS) is 25.0. The summed E-state index contributed by atoms with van der Waals surface area (Å²) in [7, 11) is -2.94. The number of rotatable bonds is 7. The molecule has 1 saturated heterocycles. The van der Waals surface area contributed by atoms with E-state index in [-0.39, 0.29) is 17.6 Å². The fraction of sp³-hybridized carbons (Fsp3) is 0.900.